The third kappa shape index (κ3) is 2.60. The molecule has 9 heteroatoms. The number of nitrogens with zero attached hydrogens (tertiary/aromatic N) is 2. The first-order valence-corrected chi connectivity index (χ1v) is 5.66. The molecule has 0 heterocycles. The number of anilines is 1. The second-order valence-electron chi connectivity index (χ2n) is 4.30. The summed E-state index contributed by atoms with van der Waals surface area (Å²) in [5.41, 5.74) is -1.08. The van der Waals surface area contributed by atoms with Gasteiger partial charge in [0, 0.05) is 18.6 Å². The Morgan fingerprint density at radius 1 is 1.15 bits per heavy atom. The number of carbonyl (C=O) groups excluding carboxylic acids is 2. The van der Waals surface area contributed by atoms with E-state index in [-0.39, 0.29) is 11.5 Å². The normalized spacial score (nSPS) is 17.2. The fraction of sp³-hybridized carbons (Fsp3) is 0.273. The number of hydrogen-bond acceptors (Lipinski definition) is 6. The average Bonchev–Trinajstić information content (AvgIpc) is 2.36. The van der Waals surface area contributed by atoms with Crippen LogP contribution in [-0.2, 0) is 9.59 Å². The molecule has 0 spiro atoms. The van der Waals surface area contributed by atoms with Crippen LogP contribution in [0, 0.1) is 26.1 Å². The number of carbonyl (C=O) groups is 2. The second-order valence-corrected chi connectivity index (χ2v) is 4.30. The third-order valence-electron chi connectivity index (χ3n) is 2.98. The number of ketones is 1. The van der Waals surface area contributed by atoms with Crippen LogP contribution in [0.5, 0.6) is 0 Å². The zero-order valence-electron chi connectivity index (χ0n) is 10.1. The maximum atomic E-state index is 11.7. The van der Waals surface area contributed by atoms with Gasteiger partial charge in [0.2, 0.25) is 5.91 Å². The van der Waals surface area contributed by atoms with Gasteiger partial charge in [-0.3, -0.25) is 29.8 Å². The lowest BCUT2D eigenvalue weighted by Crippen LogP contribution is -2.36. The van der Waals surface area contributed by atoms with E-state index in [1.54, 1.807) is 0 Å². The molecule has 0 bridgehead atoms. The molecule has 1 aliphatic rings. The minimum absolute atomic E-state index is 0.0735. The van der Waals surface area contributed by atoms with Crippen molar-refractivity contribution in [2.45, 2.75) is 12.8 Å². The molecule has 1 amide bonds. The highest BCUT2D eigenvalue weighted by Gasteiger charge is 2.34. The molecule has 0 aromatic heterocycles. The van der Waals surface area contributed by atoms with Crippen LogP contribution < -0.4 is 5.32 Å². The van der Waals surface area contributed by atoms with Crippen LogP contribution in [0.25, 0.3) is 0 Å². The summed E-state index contributed by atoms with van der Waals surface area (Å²) in [6, 6.07) is 2.81. The van der Waals surface area contributed by atoms with Crippen LogP contribution in [0.4, 0.5) is 17.1 Å². The first-order valence-electron chi connectivity index (χ1n) is 5.66. The molecule has 1 aliphatic carbocycles. The molecule has 0 radical (unpaired) electrons. The van der Waals surface area contributed by atoms with Gasteiger partial charge in [0.1, 0.15) is 5.78 Å². The fourth-order valence-electron chi connectivity index (χ4n) is 1.79. The van der Waals surface area contributed by atoms with Gasteiger partial charge in [0.15, 0.2) is 0 Å². The molecular formula is C11H9N3O6. The molecule has 1 fully saturated rings. The summed E-state index contributed by atoms with van der Waals surface area (Å²) in [6.07, 6.45) is 0.745. The van der Waals surface area contributed by atoms with Crippen molar-refractivity contribution in [1.29, 1.82) is 0 Å². The second kappa shape index (κ2) is 5.03. The molecule has 2 rings (SSSR count). The quantitative estimate of drug-likeness (QED) is 0.503. The van der Waals surface area contributed by atoms with E-state index in [0.717, 1.165) is 18.2 Å². The largest absolute Gasteiger partial charge is 0.325 e. The molecule has 20 heavy (non-hydrogen) atoms. The van der Waals surface area contributed by atoms with Gasteiger partial charge in [0.05, 0.1) is 27.5 Å². The Balaban J connectivity index is 2.26. The summed E-state index contributed by atoms with van der Waals surface area (Å²) in [5, 5.41) is 23.7. The number of rotatable bonds is 4. The average molecular weight is 279 g/mol. The smallest absolute Gasteiger partial charge is 0.278 e. The molecule has 0 aliphatic heterocycles. The van der Waals surface area contributed by atoms with E-state index >= 15 is 0 Å². The van der Waals surface area contributed by atoms with Crippen LogP contribution in [0.3, 0.4) is 0 Å². The lowest BCUT2D eigenvalue weighted by molar-refractivity contribution is -0.394. The Morgan fingerprint density at radius 2 is 1.70 bits per heavy atom. The van der Waals surface area contributed by atoms with Gasteiger partial charge < -0.3 is 5.32 Å². The third-order valence-corrected chi connectivity index (χ3v) is 2.98. The van der Waals surface area contributed by atoms with Crippen LogP contribution in [0.15, 0.2) is 18.2 Å². The number of benzene rings is 1. The van der Waals surface area contributed by atoms with Crippen LogP contribution in [-0.4, -0.2) is 21.5 Å². The van der Waals surface area contributed by atoms with E-state index in [1.807, 2.05) is 0 Å². The fourth-order valence-corrected chi connectivity index (χ4v) is 1.79. The first kappa shape index (κ1) is 13.6. The summed E-state index contributed by atoms with van der Waals surface area (Å²) in [6.45, 7) is 0. The predicted molar refractivity (Wildman–Crippen MR) is 66.1 cm³/mol. The summed E-state index contributed by atoms with van der Waals surface area (Å²) >= 11 is 0. The molecule has 1 saturated carbocycles. The molecule has 1 aromatic carbocycles. The summed E-state index contributed by atoms with van der Waals surface area (Å²) in [5.74, 6) is -1.58. The maximum absolute atomic E-state index is 11.7. The number of amides is 1. The molecular weight excluding hydrogens is 270 g/mol. The van der Waals surface area contributed by atoms with Gasteiger partial charge in [-0.1, -0.05) is 0 Å². The number of nitrogens with one attached hydrogen (secondary N) is 1. The van der Waals surface area contributed by atoms with Crippen molar-refractivity contribution >= 4 is 28.8 Å². The summed E-state index contributed by atoms with van der Waals surface area (Å²) in [4.78, 5) is 42.6. The van der Waals surface area contributed by atoms with E-state index in [0.29, 0.717) is 12.8 Å². The van der Waals surface area contributed by atoms with E-state index < -0.39 is 33.0 Å². The minimum atomic E-state index is -0.794. The number of nitro benzene ring substituents is 2. The van der Waals surface area contributed by atoms with Gasteiger partial charge in [-0.05, 0) is 6.42 Å². The van der Waals surface area contributed by atoms with Crippen molar-refractivity contribution < 1.29 is 19.4 Å². The van der Waals surface area contributed by atoms with Crippen LogP contribution in [0.1, 0.15) is 12.8 Å². The zero-order chi connectivity index (χ0) is 14.9. The lowest BCUT2D eigenvalue weighted by Gasteiger charge is -2.22. The zero-order valence-corrected chi connectivity index (χ0v) is 10.1. The van der Waals surface area contributed by atoms with E-state index in [1.165, 1.54) is 0 Å². The van der Waals surface area contributed by atoms with Crippen LogP contribution >= 0.6 is 0 Å². The van der Waals surface area contributed by atoms with Crippen molar-refractivity contribution in [3.63, 3.8) is 0 Å². The summed E-state index contributed by atoms with van der Waals surface area (Å²) < 4.78 is 0. The van der Waals surface area contributed by atoms with E-state index in [9.17, 15) is 29.8 Å². The number of non-ortho nitro benzene ring substituents is 2. The van der Waals surface area contributed by atoms with E-state index in [2.05, 4.69) is 5.32 Å². The maximum Gasteiger partial charge on any atom is 0.278 e. The first-order chi connectivity index (χ1) is 9.38. The highest BCUT2D eigenvalue weighted by molar-refractivity contribution is 6.10. The lowest BCUT2D eigenvalue weighted by atomic mass is 9.83. The van der Waals surface area contributed by atoms with Crippen molar-refractivity contribution in [1.82, 2.24) is 0 Å². The van der Waals surface area contributed by atoms with Gasteiger partial charge in [-0.25, -0.2) is 0 Å². The van der Waals surface area contributed by atoms with Crippen molar-refractivity contribution in [3.05, 3.63) is 38.4 Å². The van der Waals surface area contributed by atoms with Crippen molar-refractivity contribution in [2.24, 2.45) is 5.92 Å². The SMILES string of the molecule is O=C1CCC1C(=O)Nc1cc([N+](=O)[O-])cc([N+](=O)[O-])c1. The highest BCUT2D eigenvalue weighted by Crippen LogP contribution is 2.28. The topological polar surface area (TPSA) is 132 Å². The molecule has 104 valence electrons. The van der Waals surface area contributed by atoms with Crippen molar-refractivity contribution in [3.8, 4) is 0 Å². The van der Waals surface area contributed by atoms with Crippen LogP contribution in [0.2, 0.25) is 0 Å². The Kier molecular flexibility index (Phi) is 3.42. The standard InChI is InChI=1S/C11H9N3O6/c15-10-2-1-9(10)11(16)12-6-3-7(13(17)18)5-8(4-6)14(19)20/h3-5,9H,1-2H2,(H,12,16). The Hall–Kier alpha value is -2.84. The van der Waals surface area contributed by atoms with E-state index in [4.69, 9.17) is 0 Å². The van der Waals surface area contributed by atoms with Gasteiger partial charge >= 0.3 is 0 Å². The van der Waals surface area contributed by atoms with Gasteiger partial charge in [-0.2, -0.15) is 0 Å². The monoisotopic (exact) mass is 279 g/mol. The number of Topliss-reactive ketones (excluding diaryl/α,β-unsaturated/α-hetero) is 1. The molecule has 1 unspecified atom stereocenters. The Bertz CT molecular complexity index is 594. The molecule has 1 atom stereocenters. The summed E-state index contributed by atoms with van der Waals surface area (Å²) in [7, 11) is 0. The Morgan fingerprint density at radius 3 is 2.05 bits per heavy atom. The molecule has 0 saturated heterocycles. The molecule has 1 N–H and O–H groups in total. The minimum Gasteiger partial charge on any atom is -0.325 e. The number of hydrogen-bond donors (Lipinski definition) is 1. The van der Waals surface area contributed by atoms with Gasteiger partial charge in [-0.15, -0.1) is 0 Å². The van der Waals surface area contributed by atoms with Crippen molar-refractivity contribution in [2.75, 3.05) is 5.32 Å². The predicted octanol–water partition coefficient (Wildman–Crippen LogP) is 1.42. The molecule has 1 aromatic rings. The molecule has 9 nitrogen and oxygen atoms in total. The number of nitro groups is 2. The Labute approximate surface area is 111 Å². The highest BCUT2D eigenvalue weighted by atomic mass is 16.6. The van der Waals surface area contributed by atoms with Gasteiger partial charge in [0.25, 0.3) is 11.4 Å².